The molecular weight excluding hydrogens is 537 g/mol. The van der Waals surface area contributed by atoms with Crippen LogP contribution in [0.5, 0.6) is 0 Å². The fourth-order valence-electron chi connectivity index (χ4n) is 5.49. The van der Waals surface area contributed by atoms with E-state index in [-0.39, 0.29) is 18.0 Å². The molecule has 1 aromatic carbocycles. The van der Waals surface area contributed by atoms with E-state index in [1.165, 1.54) is 24.2 Å². The molecule has 0 radical (unpaired) electrons. The number of morpholine rings is 1. The highest BCUT2D eigenvalue weighted by Gasteiger charge is 2.66. The molecule has 1 aliphatic carbocycles. The highest BCUT2D eigenvalue weighted by atomic mass is 16.7. The molecule has 0 bridgehead atoms. The topological polar surface area (TPSA) is 132 Å². The lowest BCUT2D eigenvalue weighted by Gasteiger charge is -2.32. The number of aromatic nitrogens is 2. The summed E-state index contributed by atoms with van der Waals surface area (Å²) in [6, 6.07) is 10.1. The predicted octanol–water partition coefficient (Wildman–Crippen LogP) is 1.96. The predicted molar refractivity (Wildman–Crippen MR) is 155 cm³/mol. The SMILES string of the molecule is CC1(C)OB([C@H](CCCc2ccccc2)NC(=O)C2(NC(=O)c3cnccn3)CC2C(=O)N2CCOCC2)OC1(C)C. The third-order valence-electron chi connectivity index (χ3n) is 8.86. The molecule has 11 nitrogen and oxygen atoms in total. The smallest absolute Gasteiger partial charge is 0.402 e. The Morgan fingerprint density at radius 3 is 2.38 bits per heavy atom. The Hall–Kier alpha value is -3.35. The van der Waals surface area contributed by atoms with Crippen LogP contribution in [-0.2, 0) is 30.1 Å². The molecule has 3 aliphatic rings. The Morgan fingerprint density at radius 2 is 1.74 bits per heavy atom. The van der Waals surface area contributed by atoms with Crippen LogP contribution < -0.4 is 10.6 Å². The quantitative estimate of drug-likeness (QED) is 0.410. The molecule has 224 valence electrons. The average molecular weight is 577 g/mol. The van der Waals surface area contributed by atoms with Crippen molar-refractivity contribution in [2.75, 3.05) is 26.3 Å². The molecule has 12 heteroatoms. The van der Waals surface area contributed by atoms with Gasteiger partial charge in [-0.05, 0) is 58.9 Å². The maximum absolute atomic E-state index is 14.1. The molecule has 42 heavy (non-hydrogen) atoms. The Kier molecular flexibility index (Phi) is 8.68. The Morgan fingerprint density at radius 1 is 1.05 bits per heavy atom. The zero-order valence-corrected chi connectivity index (χ0v) is 24.8. The van der Waals surface area contributed by atoms with Gasteiger partial charge in [0.2, 0.25) is 11.8 Å². The van der Waals surface area contributed by atoms with Gasteiger partial charge in [0.15, 0.2) is 0 Å². The van der Waals surface area contributed by atoms with Gasteiger partial charge in [-0.2, -0.15) is 0 Å². The molecule has 2 aromatic rings. The number of benzene rings is 1. The number of hydrogen-bond donors (Lipinski definition) is 2. The van der Waals surface area contributed by atoms with E-state index < -0.39 is 47.5 Å². The summed E-state index contributed by atoms with van der Waals surface area (Å²) in [5.41, 5.74) is -1.34. The summed E-state index contributed by atoms with van der Waals surface area (Å²) >= 11 is 0. The third kappa shape index (κ3) is 6.35. The van der Waals surface area contributed by atoms with Crippen LogP contribution in [0.3, 0.4) is 0 Å². The molecule has 3 amide bonds. The lowest BCUT2D eigenvalue weighted by Crippen LogP contribution is -2.58. The largest absolute Gasteiger partial charge is 0.481 e. The molecule has 2 saturated heterocycles. The van der Waals surface area contributed by atoms with Crippen molar-refractivity contribution < 1.29 is 28.4 Å². The molecule has 3 atom stereocenters. The van der Waals surface area contributed by atoms with E-state index in [1.54, 1.807) is 4.90 Å². The van der Waals surface area contributed by atoms with Crippen LogP contribution >= 0.6 is 0 Å². The minimum Gasteiger partial charge on any atom is -0.402 e. The number of amides is 3. The highest BCUT2D eigenvalue weighted by molar-refractivity contribution is 6.48. The van der Waals surface area contributed by atoms with Crippen molar-refractivity contribution >= 4 is 24.8 Å². The number of aryl methyl sites for hydroxylation is 1. The summed E-state index contributed by atoms with van der Waals surface area (Å²) in [5.74, 6) is -2.39. The van der Waals surface area contributed by atoms with Gasteiger partial charge in [0.25, 0.3) is 5.91 Å². The van der Waals surface area contributed by atoms with Crippen LogP contribution in [-0.4, -0.2) is 88.7 Å². The average Bonchev–Trinajstić information content (AvgIpc) is 3.66. The van der Waals surface area contributed by atoms with Crippen molar-refractivity contribution in [3.8, 4) is 0 Å². The van der Waals surface area contributed by atoms with Gasteiger partial charge in [0.05, 0.1) is 42.5 Å². The van der Waals surface area contributed by atoms with Gasteiger partial charge in [0, 0.05) is 25.5 Å². The highest BCUT2D eigenvalue weighted by Crippen LogP contribution is 2.46. The number of rotatable bonds is 10. The molecule has 2 unspecified atom stereocenters. The van der Waals surface area contributed by atoms with Crippen molar-refractivity contribution in [2.24, 2.45) is 5.92 Å². The van der Waals surface area contributed by atoms with Crippen molar-refractivity contribution in [1.82, 2.24) is 25.5 Å². The van der Waals surface area contributed by atoms with Gasteiger partial charge < -0.3 is 29.6 Å². The minimum atomic E-state index is -1.43. The summed E-state index contributed by atoms with van der Waals surface area (Å²) < 4.78 is 18.1. The van der Waals surface area contributed by atoms with E-state index >= 15 is 0 Å². The van der Waals surface area contributed by atoms with Gasteiger partial charge in [-0.15, -0.1) is 0 Å². The monoisotopic (exact) mass is 577 g/mol. The minimum absolute atomic E-state index is 0.0690. The van der Waals surface area contributed by atoms with Crippen molar-refractivity contribution in [1.29, 1.82) is 0 Å². The van der Waals surface area contributed by atoms with Gasteiger partial charge >= 0.3 is 7.12 Å². The van der Waals surface area contributed by atoms with Gasteiger partial charge in [-0.3, -0.25) is 19.4 Å². The van der Waals surface area contributed by atoms with Crippen molar-refractivity contribution in [3.05, 3.63) is 60.2 Å². The first-order valence-corrected chi connectivity index (χ1v) is 14.7. The maximum atomic E-state index is 14.1. The molecule has 2 N–H and O–H groups in total. The Balaban J connectivity index is 1.36. The normalized spacial score (nSPS) is 25.0. The zero-order valence-electron chi connectivity index (χ0n) is 24.8. The van der Waals surface area contributed by atoms with Crippen LogP contribution in [0.25, 0.3) is 0 Å². The molecule has 3 heterocycles. The lowest BCUT2D eigenvalue weighted by molar-refractivity contribution is -0.139. The van der Waals surface area contributed by atoms with E-state index in [2.05, 4.69) is 32.7 Å². The molecule has 3 fully saturated rings. The molecule has 1 saturated carbocycles. The second kappa shape index (κ2) is 12.1. The molecule has 0 spiro atoms. The van der Waals surface area contributed by atoms with Crippen LogP contribution in [0.1, 0.15) is 63.0 Å². The molecule has 1 aromatic heterocycles. The second-order valence-corrected chi connectivity index (χ2v) is 12.3. The van der Waals surface area contributed by atoms with E-state index in [4.69, 9.17) is 14.0 Å². The zero-order chi connectivity index (χ0) is 30.0. The fourth-order valence-corrected chi connectivity index (χ4v) is 5.49. The third-order valence-corrected chi connectivity index (χ3v) is 8.86. The van der Waals surface area contributed by atoms with Crippen molar-refractivity contribution in [2.45, 2.75) is 76.1 Å². The number of nitrogens with one attached hydrogen (secondary N) is 2. The van der Waals surface area contributed by atoms with E-state index in [9.17, 15) is 14.4 Å². The van der Waals surface area contributed by atoms with E-state index in [0.29, 0.717) is 32.7 Å². The first kappa shape index (κ1) is 30.1. The van der Waals surface area contributed by atoms with E-state index in [0.717, 1.165) is 12.8 Å². The summed E-state index contributed by atoms with van der Waals surface area (Å²) in [7, 11) is -0.699. The number of nitrogens with zero attached hydrogens (tertiary/aromatic N) is 3. The Bertz CT molecular complexity index is 1260. The second-order valence-electron chi connectivity index (χ2n) is 12.3. The number of carbonyl (C=O) groups is 3. The summed E-state index contributed by atoms with van der Waals surface area (Å²) in [5, 5.41) is 5.98. The van der Waals surface area contributed by atoms with Gasteiger partial charge in [-0.25, -0.2) is 4.98 Å². The first-order chi connectivity index (χ1) is 20.0. The number of hydrogen-bond acceptors (Lipinski definition) is 8. The maximum Gasteiger partial charge on any atom is 0.481 e. The number of carbonyl (C=O) groups excluding carboxylic acids is 3. The van der Waals surface area contributed by atoms with Gasteiger partial charge in [0.1, 0.15) is 11.2 Å². The fraction of sp³-hybridized carbons (Fsp3) is 0.567. The summed E-state index contributed by atoms with van der Waals surface area (Å²) in [4.78, 5) is 50.6. The van der Waals surface area contributed by atoms with Crippen LogP contribution in [0.2, 0.25) is 0 Å². The van der Waals surface area contributed by atoms with Crippen LogP contribution in [0.15, 0.2) is 48.9 Å². The standard InChI is InChI=1S/C30H40BN5O6/c1-28(2)29(3,4)42-31(41-28)24(12-8-11-21-9-6-5-7-10-21)34-27(39)30(35-25(37)23-20-32-13-14-33-23)19-22(30)26(38)36-15-17-40-18-16-36/h5-7,9-10,13-14,20,22,24H,8,11-12,15-19H2,1-4H3,(H,34,39)(H,35,37)/t22?,24-,30?/m0/s1. The first-order valence-electron chi connectivity index (χ1n) is 14.7. The van der Waals surface area contributed by atoms with Crippen LogP contribution in [0.4, 0.5) is 0 Å². The van der Waals surface area contributed by atoms with Gasteiger partial charge in [-0.1, -0.05) is 30.3 Å². The van der Waals surface area contributed by atoms with Crippen molar-refractivity contribution in [3.63, 3.8) is 0 Å². The number of ether oxygens (including phenoxy) is 1. The van der Waals surface area contributed by atoms with Crippen LogP contribution in [0, 0.1) is 5.92 Å². The molecule has 5 rings (SSSR count). The Labute approximate surface area is 247 Å². The summed E-state index contributed by atoms with van der Waals surface area (Å²) in [6.07, 6.45) is 6.55. The van der Waals surface area contributed by atoms with E-state index in [1.807, 2.05) is 45.9 Å². The lowest BCUT2D eigenvalue weighted by atomic mass is 9.75. The summed E-state index contributed by atoms with van der Waals surface area (Å²) in [6.45, 7) is 9.64. The molecule has 2 aliphatic heterocycles. The molecular formula is C30H40BN5O6.